The first kappa shape index (κ1) is 15.5. The molecule has 110 valence electrons. The van der Waals surface area contributed by atoms with E-state index < -0.39 is 15.3 Å². The average Bonchev–Trinajstić information content (AvgIpc) is 2.67. The number of hydrogen-bond donors (Lipinski definition) is 0. The Bertz CT molecular complexity index is 605. The van der Waals surface area contributed by atoms with Crippen molar-refractivity contribution in [1.29, 1.82) is 0 Å². The van der Waals surface area contributed by atoms with Gasteiger partial charge < -0.3 is 0 Å². The van der Waals surface area contributed by atoms with E-state index in [1.54, 1.807) is 19.1 Å². The van der Waals surface area contributed by atoms with Gasteiger partial charge in [0.2, 0.25) is 10.0 Å². The maximum absolute atomic E-state index is 12.6. The Kier molecular flexibility index (Phi) is 4.83. The normalized spacial score (nSPS) is 17.7. The van der Waals surface area contributed by atoms with E-state index in [4.69, 9.17) is 11.6 Å². The second kappa shape index (κ2) is 6.24. The van der Waals surface area contributed by atoms with E-state index >= 15 is 0 Å². The van der Waals surface area contributed by atoms with Crippen LogP contribution in [0.5, 0.6) is 0 Å². The third-order valence-electron chi connectivity index (χ3n) is 3.62. The van der Waals surface area contributed by atoms with E-state index in [1.807, 2.05) is 0 Å². The van der Waals surface area contributed by atoms with Crippen LogP contribution in [0.1, 0.15) is 41.6 Å². The van der Waals surface area contributed by atoms with Crippen LogP contribution >= 0.6 is 11.6 Å². The van der Waals surface area contributed by atoms with Gasteiger partial charge in [-0.15, -0.1) is 0 Å². The van der Waals surface area contributed by atoms with Gasteiger partial charge in [0, 0.05) is 18.7 Å². The van der Waals surface area contributed by atoms with Crippen molar-refractivity contribution in [2.75, 3.05) is 13.1 Å². The molecule has 1 saturated heterocycles. The number of carbonyl (C=O) groups is 1. The van der Waals surface area contributed by atoms with Crippen LogP contribution in [-0.2, 0) is 10.0 Å². The molecule has 0 unspecified atom stereocenters. The summed E-state index contributed by atoms with van der Waals surface area (Å²) in [6.45, 7) is 2.82. The standard InChI is InChI=1S/C14H18ClNO3S/c1-11-6-7-12(10-13(11)14(15)17)20(18,19)16-8-4-2-3-5-9-16/h6-7,10H,2-5,8-9H2,1H3. The Labute approximate surface area is 124 Å². The molecule has 0 amide bonds. The topological polar surface area (TPSA) is 54.5 Å². The maximum atomic E-state index is 12.6. The zero-order valence-electron chi connectivity index (χ0n) is 11.4. The van der Waals surface area contributed by atoms with Gasteiger partial charge in [-0.2, -0.15) is 4.31 Å². The molecule has 0 aromatic heterocycles. The fourth-order valence-corrected chi connectivity index (χ4v) is 4.15. The number of halogens is 1. The third kappa shape index (κ3) is 3.22. The molecule has 1 aromatic carbocycles. The first-order valence-electron chi connectivity index (χ1n) is 6.73. The minimum atomic E-state index is -3.54. The van der Waals surface area contributed by atoms with Crippen LogP contribution in [0.3, 0.4) is 0 Å². The summed E-state index contributed by atoms with van der Waals surface area (Å²) in [5, 5.41) is -0.629. The highest BCUT2D eigenvalue weighted by atomic mass is 35.5. The smallest absolute Gasteiger partial charge is 0.252 e. The molecule has 0 saturated carbocycles. The molecule has 0 aliphatic carbocycles. The van der Waals surface area contributed by atoms with Gasteiger partial charge in [0.15, 0.2) is 0 Å². The van der Waals surface area contributed by atoms with Gasteiger partial charge >= 0.3 is 0 Å². The molecule has 1 aromatic rings. The summed E-state index contributed by atoms with van der Waals surface area (Å²) in [5.74, 6) is 0. The first-order chi connectivity index (χ1) is 9.43. The van der Waals surface area contributed by atoms with Gasteiger partial charge in [0.1, 0.15) is 0 Å². The van der Waals surface area contributed by atoms with Crippen molar-refractivity contribution in [3.63, 3.8) is 0 Å². The maximum Gasteiger partial charge on any atom is 0.252 e. The highest BCUT2D eigenvalue weighted by molar-refractivity contribution is 7.89. The van der Waals surface area contributed by atoms with Gasteiger partial charge in [-0.3, -0.25) is 4.79 Å². The molecular weight excluding hydrogens is 298 g/mol. The Morgan fingerprint density at radius 1 is 1.15 bits per heavy atom. The number of aryl methyl sites for hydroxylation is 1. The lowest BCUT2D eigenvalue weighted by Crippen LogP contribution is -2.32. The van der Waals surface area contributed by atoms with E-state index in [0.717, 1.165) is 25.7 Å². The fourth-order valence-electron chi connectivity index (χ4n) is 2.40. The van der Waals surface area contributed by atoms with Crippen molar-refractivity contribution in [3.05, 3.63) is 29.3 Å². The molecule has 1 aliphatic heterocycles. The summed E-state index contributed by atoms with van der Waals surface area (Å²) in [4.78, 5) is 11.5. The number of sulfonamides is 1. The number of hydrogen-bond acceptors (Lipinski definition) is 3. The van der Waals surface area contributed by atoms with Crippen LogP contribution in [-0.4, -0.2) is 31.1 Å². The van der Waals surface area contributed by atoms with Crippen molar-refractivity contribution < 1.29 is 13.2 Å². The van der Waals surface area contributed by atoms with E-state index in [0.29, 0.717) is 18.7 Å². The summed E-state index contributed by atoms with van der Waals surface area (Å²) in [7, 11) is -3.54. The lowest BCUT2D eigenvalue weighted by Gasteiger charge is -2.20. The van der Waals surface area contributed by atoms with Crippen LogP contribution in [0.15, 0.2) is 23.1 Å². The van der Waals surface area contributed by atoms with Gasteiger partial charge in [-0.05, 0) is 49.1 Å². The molecule has 6 heteroatoms. The van der Waals surface area contributed by atoms with Gasteiger partial charge in [0.25, 0.3) is 5.24 Å². The predicted octanol–water partition coefficient (Wildman–Crippen LogP) is 2.94. The highest BCUT2D eigenvalue weighted by Crippen LogP contribution is 2.23. The first-order valence-corrected chi connectivity index (χ1v) is 8.55. The Balaban J connectivity index is 2.38. The third-order valence-corrected chi connectivity index (χ3v) is 5.72. The molecule has 0 radical (unpaired) electrons. The molecule has 1 aliphatic rings. The van der Waals surface area contributed by atoms with Gasteiger partial charge in [-0.1, -0.05) is 18.9 Å². The summed E-state index contributed by atoms with van der Waals surface area (Å²) in [5.41, 5.74) is 0.933. The lowest BCUT2D eigenvalue weighted by molar-refractivity contribution is 0.108. The fraction of sp³-hybridized carbons (Fsp3) is 0.500. The quantitative estimate of drug-likeness (QED) is 0.806. The Morgan fingerprint density at radius 3 is 2.30 bits per heavy atom. The Hall–Kier alpha value is -0.910. The zero-order chi connectivity index (χ0) is 14.8. The van der Waals surface area contributed by atoms with E-state index in [9.17, 15) is 13.2 Å². The number of benzene rings is 1. The molecule has 4 nitrogen and oxygen atoms in total. The van der Waals surface area contributed by atoms with Crippen LogP contribution in [0.25, 0.3) is 0 Å². The van der Waals surface area contributed by atoms with Crippen LogP contribution in [0.4, 0.5) is 0 Å². The van der Waals surface area contributed by atoms with Crippen LogP contribution in [0, 0.1) is 6.92 Å². The zero-order valence-corrected chi connectivity index (χ0v) is 13.0. The van der Waals surface area contributed by atoms with E-state index in [2.05, 4.69) is 0 Å². The summed E-state index contributed by atoms with van der Waals surface area (Å²) in [6, 6.07) is 4.55. The summed E-state index contributed by atoms with van der Waals surface area (Å²) >= 11 is 5.50. The SMILES string of the molecule is Cc1ccc(S(=O)(=O)N2CCCCCC2)cc1C(=O)Cl. The van der Waals surface area contributed by atoms with Crippen LogP contribution < -0.4 is 0 Å². The van der Waals surface area contributed by atoms with Crippen molar-refractivity contribution in [2.45, 2.75) is 37.5 Å². The van der Waals surface area contributed by atoms with E-state index in [1.165, 1.54) is 10.4 Å². The molecule has 2 rings (SSSR count). The predicted molar refractivity (Wildman–Crippen MR) is 78.6 cm³/mol. The summed E-state index contributed by atoms with van der Waals surface area (Å²) in [6.07, 6.45) is 3.88. The molecule has 0 atom stereocenters. The van der Waals surface area contributed by atoms with Crippen molar-refractivity contribution in [2.24, 2.45) is 0 Å². The van der Waals surface area contributed by atoms with Gasteiger partial charge in [0.05, 0.1) is 4.90 Å². The van der Waals surface area contributed by atoms with Crippen molar-refractivity contribution in [3.8, 4) is 0 Å². The number of carbonyl (C=O) groups excluding carboxylic acids is 1. The minimum absolute atomic E-state index is 0.147. The molecule has 1 fully saturated rings. The largest absolute Gasteiger partial charge is 0.276 e. The van der Waals surface area contributed by atoms with Crippen LogP contribution in [0.2, 0.25) is 0 Å². The van der Waals surface area contributed by atoms with E-state index in [-0.39, 0.29) is 10.5 Å². The molecular formula is C14H18ClNO3S. The molecule has 20 heavy (non-hydrogen) atoms. The number of rotatable bonds is 3. The second-order valence-electron chi connectivity index (χ2n) is 5.07. The molecule has 0 spiro atoms. The summed E-state index contributed by atoms with van der Waals surface area (Å²) < 4.78 is 26.7. The molecule has 0 bridgehead atoms. The highest BCUT2D eigenvalue weighted by Gasteiger charge is 2.26. The van der Waals surface area contributed by atoms with Crippen molar-refractivity contribution >= 4 is 26.9 Å². The molecule has 1 heterocycles. The Morgan fingerprint density at radius 2 is 1.75 bits per heavy atom. The number of nitrogens with zero attached hydrogens (tertiary/aromatic N) is 1. The minimum Gasteiger partial charge on any atom is -0.276 e. The monoisotopic (exact) mass is 315 g/mol. The second-order valence-corrected chi connectivity index (χ2v) is 7.35. The van der Waals surface area contributed by atoms with Crippen molar-refractivity contribution in [1.82, 2.24) is 4.31 Å². The molecule has 0 N–H and O–H groups in total. The lowest BCUT2D eigenvalue weighted by atomic mass is 10.1. The average molecular weight is 316 g/mol. The van der Waals surface area contributed by atoms with Gasteiger partial charge in [-0.25, -0.2) is 8.42 Å².